The van der Waals surface area contributed by atoms with Crippen LogP contribution >= 0.6 is 0 Å². The van der Waals surface area contributed by atoms with E-state index in [0.717, 1.165) is 19.4 Å². The normalized spacial score (nSPS) is 21.2. The van der Waals surface area contributed by atoms with Crippen molar-refractivity contribution in [2.24, 2.45) is 5.73 Å². The Morgan fingerprint density at radius 2 is 2.11 bits per heavy atom. The summed E-state index contributed by atoms with van der Waals surface area (Å²) in [4.78, 5) is 0. The fourth-order valence-corrected chi connectivity index (χ4v) is 2.23. The summed E-state index contributed by atoms with van der Waals surface area (Å²) in [5.41, 5.74) is 5.60. The van der Waals surface area contributed by atoms with E-state index in [9.17, 15) is 8.78 Å². The largest absolute Gasteiger partial charge is 0.377 e. The molecule has 3 nitrogen and oxygen atoms in total. The first-order valence-electron chi connectivity index (χ1n) is 6.21. The predicted molar refractivity (Wildman–Crippen MR) is 65.1 cm³/mol. The molecule has 1 fully saturated rings. The summed E-state index contributed by atoms with van der Waals surface area (Å²) >= 11 is 0. The van der Waals surface area contributed by atoms with Gasteiger partial charge in [0.2, 0.25) is 0 Å². The Morgan fingerprint density at radius 1 is 1.39 bits per heavy atom. The lowest BCUT2D eigenvalue weighted by atomic mass is 10.1. The molecular formula is C13H18F2N2O. The maximum Gasteiger partial charge on any atom is 0.130 e. The second-order valence-electron chi connectivity index (χ2n) is 4.47. The van der Waals surface area contributed by atoms with Gasteiger partial charge >= 0.3 is 0 Å². The first kappa shape index (κ1) is 13.4. The molecule has 0 radical (unpaired) electrons. The maximum atomic E-state index is 13.6. The summed E-state index contributed by atoms with van der Waals surface area (Å²) in [6.45, 7) is 1.47. The number of hydrogen-bond donors (Lipinski definition) is 2. The zero-order valence-electron chi connectivity index (χ0n) is 10.2. The van der Waals surface area contributed by atoms with Gasteiger partial charge in [0.05, 0.1) is 12.1 Å². The molecule has 18 heavy (non-hydrogen) atoms. The highest BCUT2D eigenvalue weighted by atomic mass is 19.1. The molecular weight excluding hydrogens is 238 g/mol. The lowest BCUT2D eigenvalue weighted by Gasteiger charge is -2.20. The highest BCUT2D eigenvalue weighted by molar-refractivity contribution is 5.23. The van der Waals surface area contributed by atoms with Crippen LogP contribution in [0, 0.1) is 11.6 Å². The van der Waals surface area contributed by atoms with E-state index < -0.39 is 17.7 Å². The number of rotatable bonds is 5. The third-order valence-corrected chi connectivity index (χ3v) is 3.20. The molecule has 100 valence electrons. The zero-order chi connectivity index (χ0) is 13.0. The van der Waals surface area contributed by atoms with Crippen molar-refractivity contribution in [1.29, 1.82) is 0 Å². The van der Waals surface area contributed by atoms with Crippen molar-refractivity contribution in [1.82, 2.24) is 5.32 Å². The quantitative estimate of drug-likeness (QED) is 0.843. The number of ether oxygens (including phenoxy) is 1. The molecule has 1 aliphatic heterocycles. The van der Waals surface area contributed by atoms with E-state index in [1.54, 1.807) is 0 Å². The molecule has 3 N–H and O–H groups in total. The number of hydrogen-bond acceptors (Lipinski definition) is 3. The van der Waals surface area contributed by atoms with E-state index in [4.69, 9.17) is 10.5 Å². The summed E-state index contributed by atoms with van der Waals surface area (Å²) in [5.74, 6) is -1.13. The highest BCUT2D eigenvalue weighted by Crippen LogP contribution is 2.20. The second kappa shape index (κ2) is 6.22. The van der Waals surface area contributed by atoms with Crippen LogP contribution in [-0.2, 0) is 4.74 Å². The van der Waals surface area contributed by atoms with Crippen molar-refractivity contribution in [3.8, 4) is 0 Å². The number of nitrogens with one attached hydrogen (secondary N) is 1. The molecule has 1 heterocycles. The van der Waals surface area contributed by atoms with Gasteiger partial charge in [0.15, 0.2) is 0 Å². The lowest BCUT2D eigenvalue weighted by Crippen LogP contribution is -2.35. The van der Waals surface area contributed by atoms with Crippen LogP contribution in [0.5, 0.6) is 0 Å². The topological polar surface area (TPSA) is 47.3 Å². The summed E-state index contributed by atoms with van der Waals surface area (Å²) in [7, 11) is 0. The third kappa shape index (κ3) is 3.04. The summed E-state index contributed by atoms with van der Waals surface area (Å²) in [5, 5.41) is 3.08. The molecule has 2 rings (SSSR count). The van der Waals surface area contributed by atoms with E-state index in [-0.39, 0.29) is 18.2 Å². The third-order valence-electron chi connectivity index (χ3n) is 3.20. The van der Waals surface area contributed by atoms with E-state index in [1.807, 2.05) is 0 Å². The first-order valence-corrected chi connectivity index (χ1v) is 6.21. The predicted octanol–water partition coefficient (Wildman–Crippen LogP) is 1.73. The molecule has 1 saturated heterocycles. The summed E-state index contributed by atoms with van der Waals surface area (Å²) in [6.07, 6.45) is 2.13. The van der Waals surface area contributed by atoms with E-state index in [1.165, 1.54) is 18.2 Å². The molecule has 0 amide bonds. The van der Waals surface area contributed by atoms with Gasteiger partial charge < -0.3 is 15.8 Å². The molecule has 0 aromatic heterocycles. The molecule has 0 spiro atoms. The summed E-state index contributed by atoms with van der Waals surface area (Å²) < 4.78 is 32.7. The molecule has 1 aromatic carbocycles. The maximum absolute atomic E-state index is 13.6. The standard InChI is InChI=1S/C13H18F2N2O/c14-10-4-1-5-11(15)13(10)12(7-16)17-8-9-3-2-6-18-9/h1,4-5,9,12,17H,2-3,6-8,16H2. The van der Waals surface area contributed by atoms with Crippen molar-refractivity contribution in [2.75, 3.05) is 19.7 Å². The Morgan fingerprint density at radius 3 is 2.67 bits per heavy atom. The molecule has 0 saturated carbocycles. The van der Waals surface area contributed by atoms with Gasteiger partial charge in [0, 0.05) is 25.3 Å². The van der Waals surface area contributed by atoms with Gasteiger partial charge in [-0.25, -0.2) is 8.78 Å². The van der Waals surface area contributed by atoms with Crippen molar-refractivity contribution >= 4 is 0 Å². The number of benzene rings is 1. The van der Waals surface area contributed by atoms with Crippen LogP contribution in [-0.4, -0.2) is 25.8 Å². The van der Waals surface area contributed by atoms with Gasteiger partial charge in [-0.1, -0.05) is 6.07 Å². The van der Waals surface area contributed by atoms with Gasteiger partial charge in [-0.2, -0.15) is 0 Å². The highest BCUT2D eigenvalue weighted by Gasteiger charge is 2.21. The van der Waals surface area contributed by atoms with Gasteiger partial charge in [-0.3, -0.25) is 0 Å². The average Bonchev–Trinajstić information content (AvgIpc) is 2.86. The first-order chi connectivity index (χ1) is 8.72. The Labute approximate surface area is 105 Å². The monoisotopic (exact) mass is 256 g/mol. The zero-order valence-corrected chi connectivity index (χ0v) is 10.2. The molecule has 0 bridgehead atoms. The lowest BCUT2D eigenvalue weighted by molar-refractivity contribution is 0.107. The van der Waals surface area contributed by atoms with Crippen LogP contribution in [0.1, 0.15) is 24.4 Å². The molecule has 1 aliphatic rings. The van der Waals surface area contributed by atoms with Gasteiger partial charge in [-0.05, 0) is 25.0 Å². The molecule has 2 atom stereocenters. The minimum atomic E-state index is -0.565. The van der Waals surface area contributed by atoms with Crippen LogP contribution in [0.15, 0.2) is 18.2 Å². The van der Waals surface area contributed by atoms with E-state index in [2.05, 4.69) is 5.32 Å². The van der Waals surface area contributed by atoms with E-state index in [0.29, 0.717) is 6.54 Å². The van der Waals surface area contributed by atoms with E-state index >= 15 is 0 Å². The Hall–Kier alpha value is -1.04. The molecule has 0 aliphatic carbocycles. The van der Waals surface area contributed by atoms with Crippen LogP contribution in [0.4, 0.5) is 8.78 Å². The minimum Gasteiger partial charge on any atom is -0.377 e. The number of halogens is 2. The van der Waals surface area contributed by atoms with Crippen molar-refractivity contribution in [3.63, 3.8) is 0 Å². The van der Waals surface area contributed by atoms with Gasteiger partial charge in [0.25, 0.3) is 0 Å². The SMILES string of the molecule is NCC(NCC1CCCO1)c1c(F)cccc1F. The second-order valence-corrected chi connectivity index (χ2v) is 4.47. The summed E-state index contributed by atoms with van der Waals surface area (Å²) in [6, 6.07) is 3.32. The fourth-order valence-electron chi connectivity index (χ4n) is 2.23. The van der Waals surface area contributed by atoms with Gasteiger partial charge in [-0.15, -0.1) is 0 Å². The van der Waals surface area contributed by atoms with Crippen LogP contribution in [0.2, 0.25) is 0 Å². The molecule has 5 heteroatoms. The minimum absolute atomic E-state index is 0.0120. The Balaban J connectivity index is 2.03. The Bertz CT molecular complexity index is 374. The smallest absolute Gasteiger partial charge is 0.130 e. The van der Waals surface area contributed by atoms with Crippen LogP contribution in [0.3, 0.4) is 0 Å². The van der Waals surface area contributed by atoms with Crippen molar-refractivity contribution in [2.45, 2.75) is 25.0 Å². The molecule has 2 unspecified atom stereocenters. The Kier molecular flexibility index (Phi) is 4.63. The molecule has 1 aromatic rings. The van der Waals surface area contributed by atoms with Crippen LogP contribution in [0.25, 0.3) is 0 Å². The average molecular weight is 256 g/mol. The van der Waals surface area contributed by atoms with Crippen molar-refractivity contribution in [3.05, 3.63) is 35.4 Å². The number of nitrogens with two attached hydrogens (primary N) is 1. The van der Waals surface area contributed by atoms with Gasteiger partial charge in [0.1, 0.15) is 11.6 Å². The van der Waals surface area contributed by atoms with Crippen molar-refractivity contribution < 1.29 is 13.5 Å². The van der Waals surface area contributed by atoms with Crippen LogP contribution < -0.4 is 11.1 Å². The fraction of sp³-hybridized carbons (Fsp3) is 0.538.